The molecule has 0 aliphatic heterocycles. The molecule has 2 aromatic rings. The van der Waals surface area contributed by atoms with Crippen LogP contribution in [-0.4, -0.2) is 4.98 Å². The minimum absolute atomic E-state index is 0.175. The fraction of sp³-hybridized carbons (Fsp3) is 0.267. The van der Waals surface area contributed by atoms with Gasteiger partial charge < -0.3 is 5.73 Å². The average molecular weight is 278 g/mol. The number of nitrogens with zero attached hydrogens (tertiary/aromatic N) is 1. The average Bonchev–Trinajstić information content (AvgIpc) is 2.37. The van der Waals surface area contributed by atoms with Gasteiger partial charge in [-0.25, -0.2) is 4.98 Å². The molecule has 2 nitrogen and oxygen atoms in total. The normalized spacial score (nSPS) is 13.8. The molecule has 0 bridgehead atoms. The van der Waals surface area contributed by atoms with Crippen molar-refractivity contribution in [2.45, 2.75) is 25.9 Å². The predicted octanol–water partition coefficient (Wildman–Crippen LogP) is 3.76. The first-order valence-electron chi connectivity index (χ1n) is 6.33. The fourth-order valence-corrected chi connectivity index (χ4v) is 2.61. The van der Waals surface area contributed by atoms with E-state index in [4.69, 9.17) is 5.73 Å². The number of halogens is 3. The summed E-state index contributed by atoms with van der Waals surface area (Å²) in [6.07, 6.45) is -3.08. The lowest BCUT2D eigenvalue weighted by Crippen LogP contribution is -2.15. The molecule has 0 spiro atoms. The number of rotatable bonds is 0. The first-order chi connectivity index (χ1) is 9.36. The van der Waals surface area contributed by atoms with Gasteiger partial charge in [-0.15, -0.1) is 0 Å². The summed E-state index contributed by atoms with van der Waals surface area (Å²) in [6, 6.07) is 6.71. The first-order valence-corrected chi connectivity index (χ1v) is 6.33. The highest BCUT2D eigenvalue weighted by molar-refractivity contribution is 5.75. The Morgan fingerprint density at radius 2 is 1.90 bits per heavy atom. The molecule has 1 heterocycles. The van der Waals surface area contributed by atoms with Crippen LogP contribution in [0.25, 0.3) is 11.3 Å². The molecule has 104 valence electrons. The van der Waals surface area contributed by atoms with Crippen LogP contribution < -0.4 is 5.73 Å². The van der Waals surface area contributed by atoms with Gasteiger partial charge in [-0.1, -0.05) is 17.7 Å². The minimum atomic E-state index is -4.48. The van der Waals surface area contributed by atoms with Gasteiger partial charge in [0.2, 0.25) is 0 Å². The van der Waals surface area contributed by atoms with Crippen LogP contribution >= 0.6 is 0 Å². The number of fused-ring (bicyclic) bond motifs is 3. The number of hydrogen-bond donors (Lipinski definition) is 1. The minimum Gasteiger partial charge on any atom is -0.398 e. The second kappa shape index (κ2) is 4.23. The van der Waals surface area contributed by atoms with Gasteiger partial charge in [0.1, 0.15) is 5.69 Å². The highest BCUT2D eigenvalue weighted by atomic mass is 19.4. The molecule has 2 N–H and O–H groups in total. The van der Waals surface area contributed by atoms with E-state index in [9.17, 15) is 13.2 Å². The molecular formula is C15H13F3N2. The van der Waals surface area contributed by atoms with E-state index in [-0.39, 0.29) is 5.69 Å². The molecule has 0 radical (unpaired) electrons. The second-order valence-corrected chi connectivity index (χ2v) is 5.08. The largest absolute Gasteiger partial charge is 0.433 e. The first kappa shape index (κ1) is 13.0. The lowest BCUT2D eigenvalue weighted by molar-refractivity contribution is -0.141. The Kier molecular flexibility index (Phi) is 2.74. The third-order valence-corrected chi connectivity index (χ3v) is 3.61. The van der Waals surface area contributed by atoms with Crippen LogP contribution in [0.4, 0.5) is 18.9 Å². The number of alkyl halides is 3. The summed E-state index contributed by atoms with van der Waals surface area (Å²) in [7, 11) is 0. The Morgan fingerprint density at radius 3 is 2.60 bits per heavy atom. The fourth-order valence-electron chi connectivity index (χ4n) is 2.61. The van der Waals surface area contributed by atoms with Gasteiger partial charge in [0, 0.05) is 16.8 Å². The van der Waals surface area contributed by atoms with E-state index in [1.165, 1.54) is 0 Å². The number of hydrogen-bond acceptors (Lipinski definition) is 2. The van der Waals surface area contributed by atoms with Gasteiger partial charge in [0.15, 0.2) is 0 Å². The summed E-state index contributed by atoms with van der Waals surface area (Å²) in [4.78, 5) is 3.82. The number of nitrogens with two attached hydrogens (primary N) is 1. The maximum Gasteiger partial charge on any atom is 0.433 e. The summed E-state index contributed by atoms with van der Waals surface area (Å²) >= 11 is 0. The Hall–Kier alpha value is -2.04. The second-order valence-electron chi connectivity index (χ2n) is 5.08. The Bertz CT molecular complexity index is 690. The maximum absolute atomic E-state index is 12.9. The number of benzene rings is 1. The molecule has 5 heteroatoms. The topological polar surface area (TPSA) is 38.9 Å². The van der Waals surface area contributed by atoms with Gasteiger partial charge >= 0.3 is 6.18 Å². The van der Waals surface area contributed by atoms with Crippen LogP contribution in [0, 0.1) is 6.92 Å². The SMILES string of the molecule is Cc1ccc2c(c1)-c1nc(C(F)(F)F)cc(N)c1CC2. The van der Waals surface area contributed by atoms with E-state index in [2.05, 4.69) is 4.98 Å². The third kappa shape index (κ3) is 2.03. The number of nitrogen functional groups attached to an aromatic ring is 1. The molecule has 1 aliphatic rings. The standard InChI is InChI=1S/C15H13F3N2/c1-8-2-3-9-4-5-10-12(19)7-13(15(16,17)18)20-14(10)11(9)6-8/h2-3,6-7H,4-5H2,1H3,(H2,19,20). The predicted molar refractivity (Wildman–Crippen MR) is 71.2 cm³/mol. The van der Waals surface area contributed by atoms with Crippen molar-refractivity contribution < 1.29 is 13.2 Å². The number of anilines is 1. The molecule has 0 saturated carbocycles. The summed E-state index contributed by atoms with van der Waals surface area (Å²) in [6.45, 7) is 1.91. The van der Waals surface area contributed by atoms with Crippen molar-refractivity contribution in [3.05, 3.63) is 46.6 Å². The molecule has 0 fully saturated rings. The van der Waals surface area contributed by atoms with Crippen molar-refractivity contribution in [1.29, 1.82) is 0 Å². The summed E-state index contributed by atoms with van der Waals surface area (Å²) in [5.74, 6) is 0. The van der Waals surface area contributed by atoms with Crippen LogP contribution in [0.3, 0.4) is 0 Å². The van der Waals surface area contributed by atoms with E-state index < -0.39 is 11.9 Å². The van der Waals surface area contributed by atoms with E-state index in [0.717, 1.165) is 34.7 Å². The molecule has 0 amide bonds. The zero-order valence-electron chi connectivity index (χ0n) is 10.9. The van der Waals surface area contributed by atoms with Crippen LogP contribution in [0.5, 0.6) is 0 Å². The third-order valence-electron chi connectivity index (χ3n) is 3.61. The monoisotopic (exact) mass is 278 g/mol. The molecule has 0 atom stereocenters. The number of aromatic nitrogens is 1. The smallest absolute Gasteiger partial charge is 0.398 e. The van der Waals surface area contributed by atoms with Gasteiger partial charge in [0.05, 0.1) is 5.69 Å². The van der Waals surface area contributed by atoms with E-state index >= 15 is 0 Å². The molecular weight excluding hydrogens is 265 g/mol. The summed E-state index contributed by atoms with van der Waals surface area (Å²) in [5.41, 5.74) is 8.92. The zero-order chi connectivity index (χ0) is 14.5. The van der Waals surface area contributed by atoms with Crippen molar-refractivity contribution in [3.8, 4) is 11.3 Å². The van der Waals surface area contributed by atoms with Crippen LogP contribution in [-0.2, 0) is 19.0 Å². The molecule has 1 aromatic heterocycles. The Labute approximate surface area is 114 Å². The van der Waals surface area contributed by atoms with E-state index in [1.807, 2.05) is 25.1 Å². The molecule has 3 rings (SSSR count). The van der Waals surface area contributed by atoms with E-state index in [1.54, 1.807) is 0 Å². The van der Waals surface area contributed by atoms with Gasteiger partial charge in [-0.3, -0.25) is 0 Å². The van der Waals surface area contributed by atoms with Crippen molar-refractivity contribution in [1.82, 2.24) is 4.98 Å². The summed E-state index contributed by atoms with van der Waals surface area (Å²) < 4.78 is 38.6. The van der Waals surface area contributed by atoms with Crippen molar-refractivity contribution in [2.24, 2.45) is 0 Å². The van der Waals surface area contributed by atoms with Crippen LogP contribution in [0.2, 0.25) is 0 Å². The van der Waals surface area contributed by atoms with Crippen molar-refractivity contribution >= 4 is 5.69 Å². The molecule has 1 aromatic carbocycles. The van der Waals surface area contributed by atoms with E-state index in [0.29, 0.717) is 12.1 Å². The maximum atomic E-state index is 12.9. The molecule has 0 unspecified atom stereocenters. The highest BCUT2D eigenvalue weighted by Gasteiger charge is 2.34. The van der Waals surface area contributed by atoms with Crippen molar-refractivity contribution in [3.63, 3.8) is 0 Å². The van der Waals surface area contributed by atoms with Gasteiger partial charge in [-0.05, 0) is 37.5 Å². The number of pyridine rings is 1. The zero-order valence-corrected chi connectivity index (χ0v) is 10.9. The summed E-state index contributed by atoms with van der Waals surface area (Å²) in [5, 5.41) is 0. The van der Waals surface area contributed by atoms with Crippen molar-refractivity contribution in [2.75, 3.05) is 5.73 Å². The van der Waals surface area contributed by atoms with Gasteiger partial charge in [-0.2, -0.15) is 13.2 Å². The number of aryl methyl sites for hydroxylation is 2. The molecule has 1 aliphatic carbocycles. The quantitative estimate of drug-likeness (QED) is 0.797. The van der Waals surface area contributed by atoms with Gasteiger partial charge in [0.25, 0.3) is 0 Å². The van der Waals surface area contributed by atoms with Crippen LogP contribution in [0.1, 0.15) is 22.4 Å². The molecule has 20 heavy (non-hydrogen) atoms. The van der Waals surface area contributed by atoms with Crippen LogP contribution in [0.15, 0.2) is 24.3 Å². The Morgan fingerprint density at radius 1 is 1.15 bits per heavy atom. The lowest BCUT2D eigenvalue weighted by Gasteiger charge is -2.22. The highest BCUT2D eigenvalue weighted by Crippen LogP contribution is 2.39. The lowest BCUT2D eigenvalue weighted by atomic mass is 9.87. The Balaban J connectivity index is 2.27. The molecule has 0 saturated heterocycles.